The van der Waals surface area contributed by atoms with E-state index >= 15 is 0 Å². The molecule has 0 saturated heterocycles. The van der Waals surface area contributed by atoms with E-state index in [-0.39, 0.29) is 24.0 Å². The highest BCUT2D eigenvalue weighted by Crippen LogP contribution is 2.06. The second kappa shape index (κ2) is 11.4. The molecule has 3 rings (SSSR count). The summed E-state index contributed by atoms with van der Waals surface area (Å²) in [5.41, 5.74) is 1.26. The van der Waals surface area contributed by atoms with Crippen molar-refractivity contribution in [2.24, 2.45) is 4.99 Å². The summed E-state index contributed by atoms with van der Waals surface area (Å²) in [4.78, 5) is 9.14. The quantitative estimate of drug-likeness (QED) is 0.297. The molecule has 0 amide bonds. The lowest BCUT2D eigenvalue weighted by Crippen LogP contribution is -2.38. The molecule has 0 atom stereocenters. The molecular formula is C20H27IN6. The van der Waals surface area contributed by atoms with E-state index in [4.69, 9.17) is 0 Å². The van der Waals surface area contributed by atoms with E-state index in [0.29, 0.717) is 6.54 Å². The van der Waals surface area contributed by atoms with Crippen LogP contribution >= 0.6 is 24.0 Å². The Morgan fingerprint density at radius 3 is 2.56 bits per heavy atom. The van der Waals surface area contributed by atoms with Gasteiger partial charge in [-0.15, -0.1) is 24.0 Å². The fraction of sp³-hybridized carbons (Fsp3) is 0.300. The number of aliphatic imine (C=N–C) groups is 1. The van der Waals surface area contributed by atoms with Crippen LogP contribution in [0.4, 0.5) is 0 Å². The minimum absolute atomic E-state index is 0. The van der Waals surface area contributed by atoms with Gasteiger partial charge in [0.15, 0.2) is 5.96 Å². The molecule has 0 radical (unpaired) electrons. The average Bonchev–Trinajstić information content (AvgIpc) is 3.33. The molecule has 144 valence electrons. The van der Waals surface area contributed by atoms with E-state index in [0.717, 1.165) is 38.0 Å². The number of guanidine groups is 1. The van der Waals surface area contributed by atoms with Crippen LogP contribution in [0.3, 0.4) is 0 Å². The summed E-state index contributed by atoms with van der Waals surface area (Å²) in [5.74, 6) is 1.77. The number of imidazole rings is 1. The molecule has 0 spiro atoms. The predicted molar refractivity (Wildman–Crippen MR) is 120 cm³/mol. The van der Waals surface area contributed by atoms with Crippen molar-refractivity contribution in [2.45, 2.75) is 26.6 Å². The normalized spacial score (nSPS) is 11.1. The highest BCUT2D eigenvalue weighted by atomic mass is 127. The summed E-state index contributed by atoms with van der Waals surface area (Å²) >= 11 is 0. The summed E-state index contributed by atoms with van der Waals surface area (Å²) < 4.78 is 4.28. The number of aromatic nitrogens is 3. The zero-order valence-corrected chi connectivity index (χ0v) is 17.9. The third-order valence-corrected chi connectivity index (χ3v) is 4.05. The summed E-state index contributed by atoms with van der Waals surface area (Å²) in [5, 5.41) is 6.66. The molecular weight excluding hydrogens is 451 g/mol. The predicted octanol–water partition coefficient (Wildman–Crippen LogP) is 3.11. The number of halogens is 1. The van der Waals surface area contributed by atoms with Gasteiger partial charge in [-0.2, -0.15) is 0 Å². The molecule has 0 aliphatic rings. The molecule has 0 aliphatic heterocycles. The molecule has 2 heterocycles. The summed E-state index contributed by atoms with van der Waals surface area (Å²) in [6.07, 6.45) is 7.96. The van der Waals surface area contributed by atoms with E-state index in [1.54, 1.807) is 0 Å². The molecule has 7 heteroatoms. The summed E-state index contributed by atoms with van der Waals surface area (Å²) in [7, 11) is 0. The molecule has 2 aromatic heterocycles. The van der Waals surface area contributed by atoms with Gasteiger partial charge in [-0.25, -0.2) is 9.98 Å². The highest BCUT2D eigenvalue weighted by Gasteiger charge is 2.04. The van der Waals surface area contributed by atoms with Crippen molar-refractivity contribution < 1.29 is 0 Å². The van der Waals surface area contributed by atoms with E-state index in [1.165, 1.54) is 5.56 Å². The molecule has 0 aliphatic carbocycles. The van der Waals surface area contributed by atoms with Crippen LogP contribution in [0.5, 0.6) is 0 Å². The Kier molecular flexibility index (Phi) is 8.90. The van der Waals surface area contributed by atoms with Gasteiger partial charge in [-0.1, -0.05) is 30.3 Å². The highest BCUT2D eigenvalue weighted by molar-refractivity contribution is 14.0. The Labute approximate surface area is 177 Å². The van der Waals surface area contributed by atoms with Crippen molar-refractivity contribution in [1.82, 2.24) is 24.8 Å². The fourth-order valence-corrected chi connectivity index (χ4v) is 2.73. The van der Waals surface area contributed by atoms with Gasteiger partial charge in [-0.3, -0.25) is 0 Å². The third-order valence-electron chi connectivity index (χ3n) is 4.05. The third kappa shape index (κ3) is 6.74. The standard InChI is InChI=1S/C20H26N6.HI/c1-2-21-20(23-10-14-25-12-6-7-13-25)24-16-19-22-11-15-26(19)17-18-8-4-3-5-9-18;/h3-9,11-13,15H,2,10,14,16-17H2,1H3,(H2,21,23,24);1H. The maximum atomic E-state index is 4.68. The first-order valence-electron chi connectivity index (χ1n) is 9.02. The maximum absolute atomic E-state index is 4.68. The van der Waals surface area contributed by atoms with Crippen LogP contribution in [0, 0.1) is 0 Å². The van der Waals surface area contributed by atoms with Gasteiger partial charge in [-0.05, 0) is 24.6 Å². The number of nitrogens with one attached hydrogen (secondary N) is 2. The van der Waals surface area contributed by atoms with Crippen LogP contribution < -0.4 is 10.6 Å². The Morgan fingerprint density at radius 2 is 1.81 bits per heavy atom. The van der Waals surface area contributed by atoms with Crippen LogP contribution in [0.15, 0.2) is 72.2 Å². The van der Waals surface area contributed by atoms with Gasteiger partial charge in [0, 0.05) is 51.0 Å². The lowest BCUT2D eigenvalue weighted by molar-refractivity contribution is 0.662. The van der Waals surface area contributed by atoms with Crippen molar-refractivity contribution in [3.8, 4) is 0 Å². The number of hydrogen-bond acceptors (Lipinski definition) is 2. The van der Waals surface area contributed by atoms with Crippen molar-refractivity contribution in [2.75, 3.05) is 13.1 Å². The number of rotatable bonds is 8. The van der Waals surface area contributed by atoms with Gasteiger partial charge in [0.25, 0.3) is 0 Å². The van der Waals surface area contributed by atoms with Crippen LogP contribution in [-0.2, 0) is 19.6 Å². The van der Waals surface area contributed by atoms with Gasteiger partial charge in [0.2, 0.25) is 0 Å². The topological polar surface area (TPSA) is 59.2 Å². The van der Waals surface area contributed by atoms with Gasteiger partial charge < -0.3 is 19.8 Å². The molecule has 3 aromatic rings. The maximum Gasteiger partial charge on any atom is 0.191 e. The second-order valence-corrected chi connectivity index (χ2v) is 6.00. The van der Waals surface area contributed by atoms with Gasteiger partial charge >= 0.3 is 0 Å². The van der Waals surface area contributed by atoms with Crippen LogP contribution in [0.25, 0.3) is 0 Å². The van der Waals surface area contributed by atoms with Crippen molar-refractivity contribution in [1.29, 1.82) is 0 Å². The molecule has 1 aromatic carbocycles. The molecule has 6 nitrogen and oxygen atoms in total. The van der Waals surface area contributed by atoms with Crippen LogP contribution in [0.2, 0.25) is 0 Å². The van der Waals surface area contributed by atoms with Gasteiger partial charge in [0.05, 0.1) is 0 Å². The largest absolute Gasteiger partial charge is 0.357 e. The number of nitrogens with zero attached hydrogens (tertiary/aromatic N) is 4. The lowest BCUT2D eigenvalue weighted by Gasteiger charge is -2.12. The SMILES string of the molecule is CCNC(=NCc1nccn1Cc1ccccc1)NCCn1cccc1.I. The van der Waals surface area contributed by atoms with Gasteiger partial charge in [0.1, 0.15) is 12.4 Å². The Morgan fingerprint density at radius 1 is 1.04 bits per heavy atom. The van der Waals surface area contributed by atoms with Crippen LogP contribution in [0.1, 0.15) is 18.3 Å². The lowest BCUT2D eigenvalue weighted by atomic mass is 10.2. The Bertz CT molecular complexity index is 795. The minimum Gasteiger partial charge on any atom is -0.357 e. The first-order chi connectivity index (χ1) is 12.8. The summed E-state index contributed by atoms with van der Waals surface area (Å²) in [6.45, 7) is 5.97. The van der Waals surface area contributed by atoms with E-state index in [2.05, 4.69) is 73.3 Å². The monoisotopic (exact) mass is 478 g/mol. The van der Waals surface area contributed by atoms with E-state index < -0.39 is 0 Å². The molecule has 0 bridgehead atoms. The summed E-state index contributed by atoms with van der Waals surface area (Å²) in [6, 6.07) is 14.5. The fourth-order valence-electron chi connectivity index (χ4n) is 2.73. The average molecular weight is 478 g/mol. The van der Waals surface area contributed by atoms with Crippen molar-refractivity contribution in [3.63, 3.8) is 0 Å². The number of benzene rings is 1. The van der Waals surface area contributed by atoms with Crippen molar-refractivity contribution in [3.05, 3.63) is 78.6 Å². The Hall–Kier alpha value is -2.29. The zero-order valence-electron chi connectivity index (χ0n) is 15.6. The Balaban J connectivity index is 0.00000261. The number of hydrogen-bond donors (Lipinski definition) is 2. The molecule has 27 heavy (non-hydrogen) atoms. The first kappa shape index (κ1) is 21.0. The first-order valence-corrected chi connectivity index (χ1v) is 9.02. The van der Waals surface area contributed by atoms with Crippen LogP contribution in [-0.4, -0.2) is 33.2 Å². The van der Waals surface area contributed by atoms with Crippen molar-refractivity contribution >= 4 is 29.9 Å². The van der Waals surface area contributed by atoms with E-state index in [1.807, 2.05) is 30.6 Å². The molecule has 0 fully saturated rings. The second-order valence-electron chi connectivity index (χ2n) is 6.00. The minimum atomic E-state index is 0. The zero-order chi connectivity index (χ0) is 18.0. The molecule has 0 saturated carbocycles. The molecule has 2 N–H and O–H groups in total. The molecule has 0 unspecified atom stereocenters. The van der Waals surface area contributed by atoms with E-state index in [9.17, 15) is 0 Å². The smallest absolute Gasteiger partial charge is 0.191 e.